The van der Waals surface area contributed by atoms with Crippen molar-refractivity contribution in [2.24, 2.45) is 5.16 Å². The van der Waals surface area contributed by atoms with E-state index >= 15 is 0 Å². The largest absolute Gasteiger partial charge is 0.386 e. The molecule has 2 aromatic carbocycles. The molecule has 1 amide bonds. The summed E-state index contributed by atoms with van der Waals surface area (Å²) in [6, 6.07) is 18.3. The highest BCUT2D eigenvalue weighted by Crippen LogP contribution is 2.16. The summed E-state index contributed by atoms with van der Waals surface area (Å²) in [5.74, 6) is -0.0207. The molecule has 5 nitrogen and oxygen atoms in total. The van der Waals surface area contributed by atoms with Crippen LogP contribution in [-0.2, 0) is 9.63 Å². The van der Waals surface area contributed by atoms with Crippen LogP contribution >= 0.6 is 11.8 Å². The number of piperazine rings is 1. The maximum Gasteiger partial charge on any atom is 0.263 e. The van der Waals surface area contributed by atoms with E-state index in [0.717, 1.165) is 18.7 Å². The lowest BCUT2D eigenvalue weighted by molar-refractivity contribution is -0.136. The number of rotatable bonds is 6. The maximum atomic E-state index is 12.2. The van der Waals surface area contributed by atoms with Crippen molar-refractivity contribution < 1.29 is 9.63 Å². The number of para-hydroxylation sites is 1. The smallest absolute Gasteiger partial charge is 0.263 e. The third-order valence-electron chi connectivity index (χ3n) is 4.33. The zero-order chi connectivity index (χ0) is 18.2. The lowest BCUT2D eigenvalue weighted by Gasteiger charge is -2.35. The van der Waals surface area contributed by atoms with E-state index in [-0.39, 0.29) is 12.5 Å². The number of hydrogen-bond donors (Lipinski definition) is 0. The predicted octanol–water partition coefficient (Wildman–Crippen LogP) is 3.11. The molecular formula is C20H23N3O2S. The van der Waals surface area contributed by atoms with E-state index in [1.807, 2.05) is 53.6 Å². The molecule has 0 saturated carbocycles. The number of nitrogens with zero attached hydrogens (tertiary/aromatic N) is 3. The van der Waals surface area contributed by atoms with Crippen molar-refractivity contribution >= 4 is 29.6 Å². The first kappa shape index (κ1) is 18.3. The standard InChI is InChI=1S/C20H23N3O2S/c1-26-19-9-7-17(8-10-19)15-21-25-16-20(24)23-13-11-22(12-14-23)18-5-3-2-4-6-18/h2-10,15H,11-14,16H2,1H3. The number of carbonyl (C=O) groups excluding carboxylic acids is 1. The maximum absolute atomic E-state index is 12.2. The predicted molar refractivity (Wildman–Crippen MR) is 107 cm³/mol. The first-order chi connectivity index (χ1) is 12.8. The zero-order valence-electron chi connectivity index (χ0n) is 14.9. The summed E-state index contributed by atoms with van der Waals surface area (Å²) in [6.45, 7) is 3.06. The minimum absolute atomic E-state index is 0.0207. The fourth-order valence-corrected chi connectivity index (χ4v) is 3.23. The van der Waals surface area contributed by atoms with Crippen LogP contribution in [0.5, 0.6) is 0 Å². The summed E-state index contributed by atoms with van der Waals surface area (Å²) in [5, 5.41) is 3.90. The summed E-state index contributed by atoms with van der Waals surface area (Å²) in [4.78, 5) is 22.8. The zero-order valence-corrected chi connectivity index (χ0v) is 15.7. The molecule has 0 unspecified atom stereocenters. The fraction of sp³-hybridized carbons (Fsp3) is 0.300. The van der Waals surface area contributed by atoms with Gasteiger partial charge in [0.25, 0.3) is 5.91 Å². The molecule has 0 aromatic heterocycles. The van der Waals surface area contributed by atoms with Gasteiger partial charge in [-0.05, 0) is 36.1 Å². The molecule has 0 spiro atoms. The number of anilines is 1. The van der Waals surface area contributed by atoms with E-state index < -0.39 is 0 Å². The van der Waals surface area contributed by atoms with Crippen molar-refractivity contribution in [1.29, 1.82) is 0 Å². The van der Waals surface area contributed by atoms with Crippen molar-refractivity contribution in [3.63, 3.8) is 0 Å². The number of oxime groups is 1. The Morgan fingerprint density at radius 1 is 1.08 bits per heavy atom. The van der Waals surface area contributed by atoms with Crippen molar-refractivity contribution in [3.8, 4) is 0 Å². The van der Waals surface area contributed by atoms with Gasteiger partial charge < -0.3 is 14.6 Å². The first-order valence-corrected chi connectivity index (χ1v) is 9.86. The highest BCUT2D eigenvalue weighted by atomic mass is 32.2. The van der Waals surface area contributed by atoms with Crippen LogP contribution in [0, 0.1) is 0 Å². The lowest BCUT2D eigenvalue weighted by atomic mass is 10.2. The molecule has 1 fully saturated rings. The van der Waals surface area contributed by atoms with E-state index in [9.17, 15) is 4.79 Å². The average molecular weight is 369 g/mol. The van der Waals surface area contributed by atoms with Gasteiger partial charge in [-0.1, -0.05) is 35.5 Å². The van der Waals surface area contributed by atoms with Crippen LogP contribution < -0.4 is 4.90 Å². The molecule has 1 aliphatic rings. The van der Waals surface area contributed by atoms with Crippen LogP contribution in [0.1, 0.15) is 5.56 Å². The molecule has 136 valence electrons. The van der Waals surface area contributed by atoms with Crippen LogP contribution in [0.25, 0.3) is 0 Å². The minimum Gasteiger partial charge on any atom is -0.386 e. The lowest BCUT2D eigenvalue weighted by Crippen LogP contribution is -2.49. The average Bonchev–Trinajstić information content (AvgIpc) is 2.72. The van der Waals surface area contributed by atoms with Gasteiger partial charge in [0.1, 0.15) is 0 Å². The Morgan fingerprint density at radius 2 is 1.77 bits per heavy atom. The quantitative estimate of drug-likeness (QED) is 0.446. The van der Waals surface area contributed by atoms with Gasteiger partial charge in [-0.3, -0.25) is 4.79 Å². The van der Waals surface area contributed by atoms with Gasteiger partial charge in [0.05, 0.1) is 6.21 Å². The molecule has 1 saturated heterocycles. The SMILES string of the molecule is CSc1ccc(C=NOCC(=O)N2CCN(c3ccccc3)CC2)cc1. The van der Waals surface area contributed by atoms with E-state index in [1.54, 1.807) is 18.0 Å². The van der Waals surface area contributed by atoms with Gasteiger partial charge in [0, 0.05) is 36.8 Å². The molecule has 0 bridgehead atoms. The molecule has 2 aromatic rings. The van der Waals surface area contributed by atoms with Gasteiger partial charge in [-0.15, -0.1) is 11.8 Å². The van der Waals surface area contributed by atoms with Crippen LogP contribution in [0.4, 0.5) is 5.69 Å². The second kappa shape index (κ2) is 9.29. The van der Waals surface area contributed by atoms with Gasteiger partial charge >= 0.3 is 0 Å². The van der Waals surface area contributed by atoms with E-state index in [4.69, 9.17) is 4.84 Å². The summed E-state index contributed by atoms with van der Waals surface area (Å²) in [5.41, 5.74) is 2.15. The molecular weight excluding hydrogens is 346 g/mol. The number of hydrogen-bond acceptors (Lipinski definition) is 5. The molecule has 3 rings (SSSR count). The van der Waals surface area contributed by atoms with Crippen LogP contribution in [0.3, 0.4) is 0 Å². The molecule has 0 N–H and O–H groups in total. The van der Waals surface area contributed by atoms with Gasteiger partial charge in [-0.2, -0.15) is 0 Å². The fourth-order valence-electron chi connectivity index (χ4n) is 2.82. The third kappa shape index (κ3) is 5.02. The molecule has 0 aliphatic carbocycles. The van der Waals surface area contributed by atoms with E-state index in [0.29, 0.717) is 13.1 Å². The summed E-state index contributed by atoms with van der Waals surface area (Å²) in [7, 11) is 0. The Bertz CT molecular complexity index is 726. The van der Waals surface area contributed by atoms with E-state index in [2.05, 4.69) is 22.2 Å². The molecule has 0 radical (unpaired) electrons. The van der Waals surface area contributed by atoms with Crippen LogP contribution in [0.2, 0.25) is 0 Å². The Hall–Kier alpha value is -2.47. The number of thioether (sulfide) groups is 1. The molecule has 0 atom stereocenters. The Balaban J connectivity index is 1.41. The second-order valence-electron chi connectivity index (χ2n) is 5.98. The molecule has 1 aliphatic heterocycles. The molecule has 6 heteroatoms. The summed E-state index contributed by atoms with van der Waals surface area (Å²) >= 11 is 1.69. The third-order valence-corrected chi connectivity index (χ3v) is 5.08. The Morgan fingerprint density at radius 3 is 2.42 bits per heavy atom. The Labute approximate surface area is 158 Å². The van der Waals surface area contributed by atoms with Gasteiger partial charge in [-0.25, -0.2) is 0 Å². The van der Waals surface area contributed by atoms with Crippen molar-refractivity contribution in [2.45, 2.75) is 4.90 Å². The Kier molecular flexibility index (Phi) is 6.55. The number of benzene rings is 2. The monoisotopic (exact) mass is 369 g/mol. The van der Waals surface area contributed by atoms with E-state index in [1.165, 1.54) is 10.6 Å². The van der Waals surface area contributed by atoms with Gasteiger partial charge in [0.15, 0.2) is 6.61 Å². The normalized spacial score (nSPS) is 14.7. The molecule has 26 heavy (non-hydrogen) atoms. The van der Waals surface area contributed by atoms with Crippen molar-refractivity contribution in [2.75, 3.05) is 43.9 Å². The highest BCUT2D eigenvalue weighted by molar-refractivity contribution is 7.98. The second-order valence-corrected chi connectivity index (χ2v) is 6.86. The highest BCUT2D eigenvalue weighted by Gasteiger charge is 2.21. The first-order valence-electron chi connectivity index (χ1n) is 8.63. The van der Waals surface area contributed by atoms with Crippen LogP contribution in [0.15, 0.2) is 64.6 Å². The summed E-state index contributed by atoms with van der Waals surface area (Å²) in [6.07, 6.45) is 3.67. The number of amides is 1. The van der Waals surface area contributed by atoms with Crippen LogP contribution in [-0.4, -0.2) is 56.1 Å². The van der Waals surface area contributed by atoms with Crippen molar-refractivity contribution in [1.82, 2.24) is 4.90 Å². The van der Waals surface area contributed by atoms with Gasteiger partial charge in [0.2, 0.25) is 0 Å². The summed E-state index contributed by atoms with van der Waals surface area (Å²) < 4.78 is 0. The van der Waals surface area contributed by atoms with Crippen molar-refractivity contribution in [3.05, 3.63) is 60.2 Å². The minimum atomic E-state index is -0.0231. The topological polar surface area (TPSA) is 45.1 Å². The number of carbonyl (C=O) groups is 1. The molecule has 1 heterocycles.